The van der Waals surface area contributed by atoms with E-state index in [9.17, 15) is 13.7 Å². The Labute approximate surface area is 173 Å². The standard InChI is InChI=1S/C16H21O11P3/c17-28(14-4-2-1-3-5-14,20-6-15-8-22-29(18,23-9-15)24-10-15)21-7-16-11-25-30(19,26-12-16)27-13-16/h1-5H,6-13H2. The number of phosphoric acid groups is 2. The molecule has 1 aromatic carbocycles. The maximum atomic E-state index is 13.8. The third-order valence-electron chi connectivity index (χ3n) is 5.33. The summed E-state index contributed by atoms with van der Waals surface area (Å²) in [4.78, 5) is 0. The molecule has 166 valence electrons. The van der Waals surface area contributed by atoms with Crippen molar-refractivity contribution in [3.05, 3.63) is 30.3 Å². The molecular weight excluding hydrogens is 461 g/mol. The summed E-state index contributed by atoms with van der Waals surface area (Å²) in [6.07, 6.45) is 0. The first-order valence-corrected chi connectivity index (χ1v) is 13.7. The predicted molar refractivity (Wildman–Crippen MR) is 101 cm³/mol. The molecular formula is C16H21O11P3. The van der Waals surface area contributed by atoms with Crippen molar-refractivity contribution in [2.75, 3.05) is 52.9 Å². The second kappa shape index (κ2) is 7.58. The van der Waals surface area contributed by atoms with Gasteiger partial charge in [0.1, 0.15) is 0 Å². The van der Waals surface area contributed by atoms with E-state index < -0.39 is 34.1 Å². The van der Waals surface area contributed by atoms with E-state index >= 15 is 0 Å². The molecule has 14 heteroatoms. The molecule has 0 atom stereocenters. The van der Waals surface area contributed by atoms with E-state index in [4.69, 9.17) is 36.2 Å². The van der Waals surface area contributed by atoms with Gasteiger partial charge in [-0.1, -0.05) is 18.2 Å². The molecule has 11 nitrogen and oxygen atoms in total. The molecule has 6 saturated heterocycles. The predicted octanol–water partition coefficient (Wildman–Crippen LogP) is 2.88. The fourth-order valence-electron chi connectivity index (χ4n) is 3.26. The van der Waals surface area contributed by atoms with Gasteiger partial charge in [-0.15, -0.1) is 0 Å². The minimum Gasteiger partial charge on any atom is -0.304 e. The smallest absolute Gasteiger partial charge is 0.304 e. The normalized spacial score (nSPS) is 42.1. The second-order valence-electron chi connectivity index (χ2n) is 7.91. The third kappa shape index (κ3) is 4.03. The summed E-state index contributed by atoms with van der Waals surface area (Å²) in [7, 11) is -10.7. The van der Waals surface area contributed by atoms with Gasteiger partial charge < -0.3 is 9.05 Å². The van der Waals surface area contributed by atoms with E-state index in [0.717, 1.165) is 0 Å². The van der Waals surface area contributed by atoms with Crippen LogP contribution >= 0.6 is 23.2 Å². The van der Waals surface area contributed by atoms with Crippen LogP contribution in [-0.2, 0) is 49.9 Å². The first-order valence-electron chi connectivity index (χ1n) is 9.28. The van der Waals surface area contributed by atoms with Crippen LogP contribution in [0.25, 0.3) is 0 Å². The molecule has 0 aliphatic carbocycles. The molecule has 1 aromatic rings. The van der Waals surface area contributed by atoms with Crippen molar-refractivity contribution in [1.29, 1.82) is 0 Å². The summed E-state index contributed by atoms with van der Waals surface area (Å²) in [5, 5.41) is 0.373. The van der Waals surface area contributed by atoms with Crippen LogP contribution in [0.4, 0.5) is 0 Å². The lowest BCUT2D eigenvalue weighted by Gasteiger charge is -2.45. The van der Waals surface area contributed by atoms with Gasteiger partial charge in [-0.2, -0.15) is 0 Å². The van der Waals surface area contributed by atoms with Crippen LogP contribution in [-0.4, -0.2) is 52.9 Å². The first kappa shape index (κ1) is 21.4. The Hall–Kier alpha value is -0.410. The average molecular weight is 482 g/mol. The number of fused-ring (bicyclic) bond motifs is 6. The third-order valence-corrected chi connectivity index (χ3v) is 9.87. The van der Waals surface area contributed by atoms with Crippen molar-refractivity contribution in [1.82, 2.24) is 0 Å². The van der Waals surface area contributed by atoms with Crippen molar-refractivity contribution in [3.63, 3.8) is 0 Å². The van der Waals surface area contributed by atoms with Crippen LogP contribution in [0.15, 0.2) is 30.3 Å². The van der Waals surface area contributed by atoms with E-state index in [0.29, 0.717) is 5.30 Å². The summed E-state index contributed by atoms with van der Waals surface area (Å²) in [5.41, 5.74) is -1.48. The van der Waals surface area contributed by atoms with Crippen LogP contribution in [0, 0.1) is 10.8 Å². The second-order valence-corrected chi connectivity index (χ2v) is 13.3. The van der Waals surface area contributed by atoms with E-state index in [1.807, 2.05) is 0 Å². The zero-order valence-corrected chi connectivity index (χ0v) is 18.6. The maximum absolute atomic E-state index is 13.8. The van der Waals surface area contributed by atoms with Gasteiger partial charge in [0.25, 0.3) is 0 Å². The highest BCUT2D eigenvalue weighted by Gasteiger charge is 2.53. The minimum absolute atomic E-state index is 0.0507. The summed E-state index contributed by atoms with van der Waals surface area (Å²) < 4.78 is 80.3. The Balaban J connectivity index is 1.31. The molecule has 4 bridgehead atoms. The van der Waals surface area contributed by atoms with Gasteiger partial charge in [0.2, 0.25) is 0 Å². The molecule has 0 amide bonds. The lowest BCUT2D eigenvalue weighted by atomic mass is 9.93. The Morgan fingerprint density at radius 3 is 1.47 bits per heavy atom. The van der Waals surface area contributed by atoms with Crippen LogP contribution < -0.4 is 5.30 Å². The van der Waals surface area contributed by atoms with Crippen LogP contribution in [0.5, 0.6) is 0 Å². The molecule has 0 spiro atoms. The summed E-state index contributed by atoms with van der Waals surface area (Å²) in [6, 6.07) is 8.54. The topological polar surface area (TPSA) is 125 Å². The quantitative estimate of drug-likeness (QED) is 0.533. The number of hydrogen-bond donors (Lipinski definition) is 0. The highest BCUT2D eigenvalue weighted by molar-refractivity contribution is 7.62. The summed E-state index contributed by atoms with van der Waals surface area (Å²) >= 11 is 0. The number of hydrogen-bond acceptors (Lipinski definition) is 11. The van der Waals surface area contributed by atoms with Gasteiger partial charge in [-0.25, -0.2) is 9.13 Å². The van der Waals surface area contributed by atoms with Gasteiger partial charge >= 0.3 is 23.2 Å². The Morgan fingerprint density at radius 2 is 1.10 bits per heavy atom. The van der Waals surface area contributed by atoms with Gasteiger partial charge in [0, 0.05) is 0 Å². The van der Waals surface area contributed by atoms with E-state index in [1.54, 1.807) is 30.3 Å². The Kier molecular flexibility index (Phi) is 5.41. The number of phosphoric ester groups is 2. The zero-order chi connectivity index (χ0) is 20.9. The molecule has 6 heterocycles. The van der Waals surface area contributed by atoms with E-state index in [-0.39, 0.29) is 52.9 Å². The molecule has 0 radical (unpaired) electrons. The van der Waals surface area contributed by atoms with Crippen molar-refractivity contribution >= 4 is 28.5 Å². The molecule has 6 aliphatic rings. The zero-order valence-electron chi connectivity index (χ0n) is 15.9. The number of benzene rings is 1. The van der Waals surface area contributed by atoms with Crippen LogP contribution in [0.1, 0.15) is 0 Å². The summed E-state index contributed by atoms with van der Waals surface area (Å²) in [6.45, 7) is 0.528. The van der Waals surface area contributed by atoms with E-state index in [2.05, 4.69) is 0 Å². The number of rotatable bonds is 7. The fourth-order valence-corrected chi connectivity index (χ4v) is 8.10. The fraction of sp³-hybridized carbons (Fsp3) is 0.625. The highest BCUT2D eigenvalue weighted by Crippen LogP contribution is 2.62. The van der Waals surface area contributed by atoms with Crippen molar-refractivity contribution in [3.8, 4) is 0 Å². The Morgan fingerprint density at radius 1 is 0.733 bits per heavy atom. The lowest BCUT2D eigenvalue weighted by Crippen LogP contribution is -2.48. The minimum atomic E-state index is -3.79. The lowest BCUT2D eigenvalue weighted by molar-refractivity contribution is -0.118. The average Bonchev–Trinajstić information content (AvgIpc) is 2.79. The van der Waals surface area contributed by atoms with Crippen LogP contribution in [0.3, 0.4) is 0 Å². The molecule has 0 N–H and O–H groups in total. The van der Waals surface area contributed by atoms with E-state index in [1.165, 1.54) is 0 Å². The van der Waals surface area contributed by atoms with Gasteiger partial charge in [-0.3, -0.25) is 31.7 Å². The Bertz CT molecular complexity index is 834. The van der Waals surface area contributed by atoms with Crippen molar-refractivity contribution < 1.29 is 49.9 Å². The largest absolute Gasteiger partial charge is 0.474 e. The molecule has 0 saturated carbocycles. The van der Waals surface area contributed by atoms with Gasteiger partial charge in [0.15, 0.2) is 0 Å². The molecule has 6 aliphatic heterocycles. The SMILES string of the molecule is O=P12OCC(COP(=O)(OCC34COP(=O)(OC3)OC4)c3ccccc3)(CO1)CO2. The monoisotopic (exact) mass is 482 g/mol. The van der Waals surface area contributed by atoms with Gasteiger partial charge in [0.05, 0.1) is 69.0 Å². The molecule has 30 heavy (non-hydrogen) atoms. The molecule has 6 fully saturated rings. The van der Waals surface area contributed by atoms with Gasteiger partial charge in [-0.05, 0) is 12.1 Å². The van der Waals surface area contributed by atoms with Crippen molar-refractivity contribution in [2.45, 2.75) is 0 Å². The van der Waals surface area contributed by atoms with Crippen LogP contribution in [0.2, 0.25) is 0 Å². The maximum Gasteiger partial charge on any atom is 0.474 e. The molecule has 7 rings (SSSR count). The van der Waals surface area contributed by atoms with Crippen molar-refractivity contribution in [2.24, 2.45) is 10.8 Å². The summed E-state index contributed by atoms with van der Waals surface area (Å²) in [5.74, 6) is 0. The highest BCUT2D eigenvalue weighted by atomic mass is 31.2. The first-order chi connectivity index (χ1) is 14.3. The molecule has 0 unspecified atom stereocenters. The molecule has 0 aromatic heterocycles.